The van der Waals surface area contributed by atoms with Crippen molar-refractivity contribution in [2.45, 2.75) is 26.7 Å². The van der Waals surface area contributed by atoms with Crippen molar-refractivity contribution in [2.24, 2.45) is 7.05 Å². The van der Waals surface area contributed by atoms with Crippen LogP contribution in [0, 0.1) is 6.92 Å². The predicted octanol–water partition coefficient (Wildman–Crippen LogP) is 1.47. The first-order valence-corrected chi connectivity index (χ1v) is 5.56. The van der Waals surface area contributed by atoms with Gasteiger partial charge in [0.05, 0.1) is 12.1 Å². The van der Waals surface area contributed by atoms with Crippen LogP contribution < -0.4 is 0 Å². The van der Waals surface area contributed by atoms with Crippen molar-refractivity contribution in [1.82, 2.24) is 14.5 Å². The summed E-state index contributed by atoms with van der Waals surface area (Å²) >= 11 is 0. The highest BCUT2D eigenvalue weighted by molar-refractivity contribution is 5.87. The Kier molecular flexibility index (Phi) is 2.83. The Balaban J connectivity index is 2.74. The largest absolute Gasteiger partial charge is 0.481 e. The zero-order valence-electron chi connectivity index (χ0n) is 10.2. The second-order valence-electron chi connectivity index (χ2n) is 4.11. The zero-order chi connectivity index (χ0) is 12.6. The van der Waals surface area contributed by atoms with Gasteiger partial charge in [0, 0.05) is 18.6 Å². The van der Waals surface area contributed by atoms with E-state index in [1.165, 1.54) is 0 Å². The van der Waals surface area contributed by atoms with E-state index < -0.39 is 5.97 Å². The van der Waals surface area contributed by atoms with E-state index in [0.717, 1.165) is 34.5 Å². The molecular weight excluding hydrogens is 218 g/mol. The van der Waals surface area contributed by atoms with Crippen LogP contribution >= 0.6 is 0 Å². The van der Waals surface area contributed by atoms with Crippen LogP contribution in [0.2, 0.25) is 0 Å². The van der Waals surface area contributed by atoms with E-state index in [0.29, 0.717) is 0 Å². The van der Waals surface area contributed by atoms with Crippen LogP contribution in [0.1, 0.15) is 24.0 Å². The predicted molar refractivity (Wildman–Crippen MR) is 64.0 cm³/mol. The number of aliphatic carboxylic acids is 1. The molecule has 2 aromatic rings. The fourth-order valence-corrected chi connectivity index (χ4v) is 2.11. The lowest BCUT2D eigenvalue weighted by Gasteiger charge is -2.03. The monoisotopic (exact) mass is 233 g/mol. The van der Waals surface area contributed by atoms with Crippen molar-refractivity contribution in [2.75, 3.05) is 0 Å². The smallest absolute Gasteiger partial charge is 0.307 e. The molecule has 0 amide bonds. The number of carboxylic acid groups (broad SMARTS) is 1. The second-order valence-corrected chi connectivity index (χ2v) is 4.11. The van der Waals surface area contributed by atoms with Crippen LogP contribution in [-0.2, 0) is 24.7 Å². The standard InChI is InChI=1S/C12H15N3O2/c1-4-9-11-8(5-10(16)17)6-15(3)12(11)14-7(2)13-9/h6H,4-5H2,1-3H3,(H,16,17). The van der Waals surface area contributed by atoms with Gasteiger partial charge < -0.3 is 9.67 Å². The van der Waals surface area contributed by atoms with Crippen molar-refractivity contribution < 1.29 is 9.90 Å². The fraction of sp³-hybridized carbons (Fsp3) is 0.417. The molecule has 0 aliphatic heterocycles. The molecule has 2 heterocycles. The van der Waals surface area contributed by atoms with Gasteiger partial charge in [0.15, 0.2) is 0 Å². The average Bonchev–Trinajstić information content (AvgIpc) is 2.54. The molecule has 1 N–H and O–H groups in total. The molecule has 0 aromatic carbocycles. The minimum Gasteiger partial charge on any atom is -0.481 e. The lowest BCUT2D eigenvalue weighted by atomic mass is 10.1. The first kappa shape index (κ1) is 11.6. The van der Waals surface area contributed by atoms with Crippen LogP contribution in [0.3, 0.4) is 0 Å². The van der Waals surface area contributed by atoms with Gasteiger partial charge in [-0.15, -0.1) is 0 Å². The van der Waals surface area contributed by atoms with Crippen molar-refractivity contribution in [3.63, 3.8) is 0 Å². The molecule has 5 nitrogen and oxygen atoms in total. The number of aromatic nitrogens is 3. The van der Waals surface area contributed by atoms with Gasteiger partial charge in [-0.05, 0) is 18.9 Å². The number of carbonyl (C=O) groups is 1. The lowest BCUT2D eigenvalue weighted by Crippen LogP contribution is -2.02. The Morgan fingerprint density at radius 3 is 2.76 bits per heavy atom. The van der Waals surface area contributed by atoms with E-state index >= 15 is 0 Å². The second kappa shape index (κ2) is 4.16. The third-order valence-corrected chi connectivity index (χ3v) is 2.76. The normalized spacial score (nSPS) is 11.0. The summed E-state index contributed by atoms with van der Waals surface area (Å²) in [5.74, 6) is -0.113. The molecular formula is C12H15N3O2. The van der Waals surface area contributed by atoms with Crippen molar-refractivity contribution in [1.29, 1.82) is 0 Å². The zero-order valence-corrected chi connectivity index (χ0v) is 10.2. The van der Waals surface area contributed by atoms with Crippen molar-refractivity contribution >= 4 is 17.0 Å². The lowest BCUT2D eigenvalue weighted by molar-refractivity contribution is -0.136. The topological polar surface area (TPSA) is 68.0 Å². The van der Waals surface area contributed by atoms with Crippen LogP contribution in [0.25, 0.3) is 11.0 Å². The summed E-state index contributed by atoms with van der Waals surface area (Å²) in [5, 5.41) is 9.80. The summed E-state index contributed by atoms with van der Waals surface area (Å²) in [6.07, 6.45) is 2.61. The van der Waals surface area contributed by atoms with Crippen LogP contribution in [0.15, 0.2) is 6.20 Å². The Hall–Kier alpha value is -1.91. The maximum atomic E-state index is 10.8. The van der Waals surface area contributed by atoms with E-state index in [2.05, 4.69) is 9.97 Å². The highest BCUT2D eigenvalue weighted by atomic mass is 16.4. The molecule has 0 saturated heterocycles. The molecule has 0 aliphatic rings. The Bertz CT molecular complexity index is 587. The van der Waals surface area contributed by atoms with Gasteiger partial charge in [-0.2, -0.15) is 0 Å². The SMILES string of the molecule is CCc1nc(C)nc2c1c(CC(=O)O)cn2C. The molecule has 0 unspecified atom stereocenters. The van der Waals surface area contributed by atoms with Crippen LogP contribution in [-0.4, -0.2) is 25.6 Å². The minimum atomic E-state index is -0.833. The summed E-state index contributed by atoms with van der Waals surface area (Å²) in [5.41, 5.74) is 2.52. The fourth-order valence-electron chi connectivity index (χ4n) is 2.11. The summed E-state index contributed by atoms with van der Waals surface area (Å²) < 4.78 is 1.86. The van der Waals surface area contributed by atoms with E-state index in [-0.39, 0.29) is 6.42 Å². The number of aryl methyl sites for hydroxylation is 3. The highest BCUT2D eigenvalue weighted by Gasteiger charge is 2.15. The molecule has 5 heteroatoms. The van der Waals surface area contributed by atoms with Gasteiger partial charge in [-0.3, -0.25) is 4.79 Å². The minimum absolute atomic E-state index is 0.0107. The van der Waals surface area contributed by atoms with Gasteiger partial charge in [0.1, 0.15) is 11.5 Å². The Labute approximate surface area is 99.1 Å². The van der Waals surface area contributed by atoms with Gasteiger partial charge in [0.25, 0.3) is 0 Å². The van der Waals surface area contributed by atoms with E-state index in [1.54, 1.807) is 0 Å². The molecule has 2 aromatic heterocycles. The molecule has 0 atom stereocenters. The van der Waals surface area contributed by atoms with Gasteiger partial charge in [-0.25, -0.2) is 9.97 Å². The summed E-state index contributed by atoms with van der Waals surface area (Å²) in [7, 11) is 1.87. The average molecular weight is 233 g/mol. The maximum Gasteiger partial charge on any atom is 0.307 e. The van der Waals surface area contributed by atoms with Crippen LogP contribution in [0.4, 0.5) is 0 Å². The van der Waals surface area contributed by atoms with Gasteiger partial charge in [0.2, 0.25) is 0 Å². The van der Waals surface area contributed by atoms with Crippen molar-refractivity contribution in [3.05, 3.63) is 23.3 Å². The van der Waals surface area contributed by atoms with Gasteiger partial charge in [-0.1, -0.05) is 6.92 Å². The summed E-state index contributed by atoms with van der Waals surface area (Å²) in [4.78, 5) is 19.6. The van der Waals surface area contributed by atoms with E-state index in [4.69, 9.17) is 5.11 Å². The molecule has 90 valence electrons. The quantitative estimate of drug-likeness (QED) is 0.871. The molecule has 0 spiro atoms. The number of rotatable bonds is 3. The molecule has 0 fully saturated rings. The Morgan fingerprint density at radius 1 is 1.47 bits per heavy atom. The number of nitrogens with zero attached hydrogens (tertiary/aromatic N) is 3. The first-order valence-electron chi connectivity index (χ1n) is 5.56. The maximum absolute atomic E-state index is 10.8. The molecule has 17 heavy (non-hydrogen) atoms. The third kappa shape index (κ3) is 2.00. The number of hydrogen-bond donors (Lipinski definition) is 1. The number of fused-ring (bicyclic) bond motifs is 1. The molecule has 0 bridgehead atoms. The van der Waals surface area contributed by atoms with Crippen molar-refractivity contribution in [3.8, 4) is 0 Å². The summed E-state index contributed by atoms with van der Waals surface area (Å²) in [6, 6.07) is 0. The number of carboxylic acids is 1. The molecule has 0 aliphatic carbocycles. The first-order chi connectivity index (χ1) is 8.02. The molecule has 0 radical (unpaired) electrons. The highest BCUT2D eigenvalue weighted by Crippen LogP contribution is 2.23. The Morgan fingerprint density at radius 2 is 2.18 bits per heavy atom. The molecule has 2 rings (SSSR count). The van der Waals surface area contributed by atoms with E-state index in [9.17, 15) is 4.79 Å². The summed E-state index contributed by atoms with van der Waals surface area (Å²) in [6.45, 7) is 3.86. The molecule has 0 saturated carbocycles. The van der Waals surface area contributed by atoms with Gasteiger partial charge >= 0.3 is 5.97 Å². The van der Waals surface area contributed by atoms with E-state index in [1.807, 2.05) is 31.7 Å². The van der Waals surface area contributed by atoms with Crippen LogP contribution in [0.5, 0.6) is 0 Å². The number of hydrogen-bond acceptors (Lipinski definition) is 3. The third-order valence-electron chi connectivity index (χ3n) is 2.76.